The van der Waals surface area contributed by atoms with E-state index in [4.69, 9.17) is 4.74 Å². The van der Waals surface area contributed by atoms with Crippen LogP contribution in [0.15, 0.2) is 36.4 Å². The summed E-state index contributed by atoms with van der Waals surface area (Å²) in [6.07, 6.45) is 2.55. The summed E-state index contributed by atoms with van der Waals surface area (Å²) < 4.78 is 5.16. The highest BCUT2D eigenvalue weighted by Crippen LogP contribution is 2.20. The molecule has 82 valence electrons. The largest absolute Gasteiger partial charge is 0.496 e. The van der Waals surface area contributed by atoms with Gasteiger partial charge in [0.25, 0.3) is 11.8 Å². The third-order valence-corrected chi connectivity index (χ3v) is 2.42. The molecule has 16 heavy (non-hydrogen) atoms. The molecule has 4 heteroatoms. The number of imide groups is 1. The molecule has 0 unspecified atom stereocenters. The molecule has 2 rings (SSSR count). The van der Waals surface area contributed by atoms with E-state index in [1.54, 1.807) is 13.2 Å². The SMILES string of the molecule is COc1ccccc1CN1C(=O)C=CC1=O. The molecule has 0 bridgehead atoms. The summed E-state index contributed by atoms with van der Waals surface area (Å²) in [6.45, 7) is 0.245. The Morgan fingerprint density at radius 2 is 1.75 bits per heavy atom. The Balaban J connectivity index is 2.21. The Labute approximate surface area is 93.1 Å². The van der Waals surface area contributed by atoms with Crippen molar-refractivity contribution < 1.29 is 14.3 Å². The van der Waals surface area contributed by atoms with E-state index in [-0.39, 0.29) is 18.4 Å². The smallest absolute Gasteiger partial charge is 0.253 e. The summed E-state index contributed by atoms with van der Waals surface area (Å²) in [7, 11) is 1.56. The number of rotatable bonds is 3. The fourth-order valence-electron chi connectivity index (χ4n) is 1.59. The normalized spacial score (nSPS) is 14.7. The monoisotopic (exact) mass is 217 g/mol. The molecule has 0 aromatic heterocycles. The van der Waals surface area contributed by atoms with Gasteiger partial charge in [-0.3, -0.25) is 14.5 Å². The molecule has 0 N–H and O–H groups in total. The molecule has 0 saturated heterocycles. The molecule has 0 atom stereocenters. The molecule has 4 nitrogen and oxygen atoms in total. The van der Waals surface area contributed by atoms with Gasteiger partial charge >= 0.3 is 0 Å². The molecule has 0 spiro atoms. The van der Waals surface area contributed by atoms with E-state index in [1.807, 2.05) is 18.2 Å². The Bertz CT molecular complexity index is 447. The van der Waals surface area contributed by atoms with Crippen molar-refractivity contribution in [3.63, 3.8) is 0 Å². The predicted octanol–water partition coefficient (Wildman–Crippen LogP) is 1.12. The quantitative estimate of drug-likeness (QED) is 0.713. The minimum absolute atomic E-state index is 0.245. The number of carbonyl (C=O) groups excluding carboxylic acids is 2. The first-order valence-electron chi connectivity index (χ1n) is 4.88. The summed E-state index contributed by atoms with van der Waals surface area (Å²) in [5.74, 6) is 0.113. The van der Waals surface area contributed by atoms with E-state index in [1.165, 1.54) is 17.1 Å². The van der Waals surface area contributed by atoms with Gasteiger partial charge in [0.05, 0.1) is 13.7 Å². The lowest BCUT2D eigenvalue weighted by atomic mass is 10.2. The molecule has 1 aliphatic rings. The van der Waals surface area contributed by atoms with Gasteiger partial charge in [-0.05, 0) is 6.07 Å². The molecular weight excluding hydrogens is 206 g/mol. The standard InChI is InChI=1S/C12H11NO3/c1-16-10-5-3-2-4-9(10)8-13-11(14)6-7-12(13)15/h2-7H,8H2,1H3. The van der Waals surface area contributed by atoms with Gasteiger partial charge in [-0.15, -0.1) is 0 Å². The second-order valence-corrected chi connectivity index (χ2v) is 3.41. The number of ether oxygens (including phenoxy) is 1. The van der Waals surface area contributed by atoms with Crippen molar-refractivity contribution in [3.05, 3.63) is 42.0 Å². The maximum Gasteiger partial charge on any atom is 0.253 e. The molecule has 1 aromatic rings. The Morgan fingerprint density at radius 1 is 1.12 bits per heavy atom. The van der Waals surface area contributed by atoms with Crippen LogP contribution in [0.4, 0.5) is 0 Å². The number of nitrogens with zero attached hydrogens (tertiary/aromatic N) is 1. The van der Waals surface area contributed by atoms with Gasteiger partial charge in [0.15, 0.2) is 0 Å². The highest BCUT2D eigenvalue weighted by atomic mass is 16.5. The van der Waals surface area contributed by atoms with Crippen LogP contribution in [0.1, 0.15) is 5.56 Å². The molecule has 1 aliphatic heterocycles. The fraction of sp³-hybridized carbons (Fsp3) is 0.167. The minimum atomic E-state index is -0.282. The van der Waals surface area contributed by atoms with Crippen LogP contribution >= 0.6 is 0 Å². The third-order valence-electron chi connectivity index (χ3n) is 2.42. The van der Waals surface area contributed by atoms with Crippen molar-refractivity contribution >= 4 is 11.8 Å². The Morgan fingerprint density at radius 3 is 2.38 bits per heavy atom. The summed E-state index contributed by atoms with van der Waals surface area (Å²) in [5.41, 5.74) is 0.815. The lowest BCUT2D eigenvalue weighted by molar-refractivity contribution is -0.137. The first-order valence-corrected chi connectivity index (χ1v) is 4.88. The zero-order valence-electron chi connectivity index (χ0n) is 8.84. The zero-order valence-corrected chi connectivity index (χ0v) is 8.84. The summed E-state index contributed by atoms with van der Waals surface area (Å²) in [4.78, 5) is 23.9. The third kappa shape index (κ3) is 1.82. The van der Waals surface area contributed by atoms with Gasteiger partial charge in [0.1, 0.15) is 5.75 Å². The lowest BCUT2D eigenvalue weighted by Crippen LogP contribution is -2.29. The predicted molar refractivity (Wildman–Crippen MR) is 57.7 cm³/mol. The molecule has 1 heterocycles. The highest BCUT2D eigenvalue weighted by molar-refractivity contribution is 6.12. The van der Waals surface area contributed by atoms with Crippen molar-refractivity contribution in [3.8, 4) is 5.75 Å². The number of hydrogen-bond donors (Lipinski definition) is 0. The van der Waals surface area contributed by atoms with E-state index >= 15 is 0 Å². The second kappa shape index (κ2) is 4.18. The van der Waals surface area contributed by atoms with Gasteiger partial charge in [0.2, 0.25) is 0 Å². The average molecular weight is 217 g/mol. The van der Waals surface area contributed by atoms with Crippen LogP contribution in [0, 0.1) is 0 Å². The number of carbonyl (C=O) groups is 2. The minimum Gasteiger partial charge on any atom is -0.496 e. The molecule has 0 fully saturated rings. The summed E-state index contributed by atoms with van der Waals surface area (Å²) >= 11 is 0. The number of para-hydroxylation sites is 1. The van der Waals surface area contributed by atoms with Gasteiger partial charge < -0.3 is 4.74 Å². The molecule has 1 aromatic carbocycles. The summed E-state index contributed by atoms with van der Waals surface area (Å²) in [5, 5.41) is 0. The van der Waals surface area contributed by atoms with Crippen molar-refractivity contribution in [1.29, 1.82) is 0 Å². The first-order chi connectivity index (χ1) is 7.72. The molecule has 0 aliphatic carbocycles. The van der Waals surface area contributed by atoms with Crippen molar-refractivity contribution in [2.75, 3.05) is 7.11 Å². The average Bonchev–Trinajstić information content (AvgIpc) is 2.61. The Hall–Kier alpha value is -2.10. The maximum atomic E-state index is 11.4. The van der Waals surface area contributed by atoms with Crippen molar-refractivity contribution in [1.82, 2.24) is 4.90 Å². The fourth-order valence-corrected chi connectivity index (χ4v) is 1.59. The van der Waals surface area contributed by atoms with Gasteiger partial charge in [-0.25, -0.2) is 0 Å². The van der Waals surface area contributed by atoms with Crippen LogP contribution in [-0.4, -0.2) is 23.8 Å². The van der Waals surface area contributed by atoms with Gasteiger partial charge in [-0.2, -0.15) is 0 Å². The zero-order chi connectivity index (χ0) is 11.5. The second-order valence-electron chi connectivity index (χ2n) is 3.41. The Kier molecular flexibility index (Phi) is 2.72. The van der Waals surface area contributed by atoms with Crippen molar-refractivity contribution in [2.24, 2.45) is 0 Å². The van der Waals surface area contributed by atoms with E-state index in [9.17, 15) is 9.59 Å². The molecule has 0 saturated carbocycles. The van der Waals surface area contributed by atoms with Crippen LogP contribution in [0.5, 0.6) is 5.75 Å². The van der Waals surface area contributed by atoms with Crippen LogP contribution in [0.3, 0.4) is 0 Å². The lowest BCUT2D eigenvalue weighted by Gasteiger charge is -2.15. The topological polar surface area (TPSA) is 46.6 Å². The van der Waals surface area contributed by atoms with Crippen LogP contribution < -0.4 is 4.74 Å². The molecular formula is C12H11NO3. The van der Waals surface area contributed by atoms with Crippen molar-refractivity contribution in [2.45, 2.75) is 6.54 Å². The summed E-state index contributed by atoms with van der Waals surface area (Å²) in [6, 6.07) is 7.32. The van der Waals surface area contributed by atoms with Crippen LogP contribution in [0.2, 0.25) is 0 Å². The van der Waals surface area contributed by atoms with Crippen LogP contribution in [0.25, 0.3) is 0 Å². The highest BCUT2D eigenvalue weighted by Gasteiger charge is 2.24. The van der Waals surface area contributed by atoms with E-state index in [2.05, 4.69) is 0 Å². The van der Waals surface area contributed by atoms with E-state index in [0.29, 0.717) is 5.75 Å². The molecule has 2 amide bonds. The molecule has 0 radical (unpaired) electrons. The van der Waals surface area contributed by atoms with E-state index < -0.39 is 0 Å². The number of benzene rings is 1. The number of methoxy groups -OCH3 is 1. The first kappa shape index (κ1) is 10.4. The number of hydrogen-bond acceptors (Lipinski definition) is 3. The number of amides is 2. The van der Waals surface area contributed by atoms with Gasteiger partial charge in [0, 0.05) is 17.7 Å². The van der Waals surface area contributed by atoms with E-state index in [0.717, 1.165) is 5.56 Å². The maximum absolute atomic E-state index is 11.4. The van der Waals surface area contributed by atoms with Gasteiger partial charge in [-0.1, -0.05) is 18.2 Å². The van der Waals surface area contributed by atoms with Crippen LogP contribution in [-0.2, 0) is 16.1 Å².